The third-order valence-electron chi connectivity index (χ3n) is 5.17. The molecule has 1 heterocycles. The molecule has 6 nitrogen and oxygen atoms in total. The molecule has 0 aliphatic carbocycles. The zero-order valence-corrected chi connectivity index (χ0v) is 17.3. The second-order valence-corrected chi connectivity index (χ2v) is 7.36. The normalized spacial score (nSPS) is 16.2. The number of unbranched alkanes of at least 4 members (excludes halogenated alkanes) is 5. The Balaban J connectivity index is 1.72. The molecular weight excluding hydrogens is 380 g/mol. The Morgan fingerprint density at radius 2 is 1.47 bits per heavy atom. The van der Waals surface area contributed by atoms with Crippen LogP contribution in [0.3, 0.4) is 0 Å². The summed E-state index contributed by atoms with van der Waals surface area (Å²) in [5.74, 6) is -0.594. The quantitative estimate of drug-likeness (QED) is 0.395. The van der Waals surface area contributed by atoms with Gasteiger partial charge >= 0.3 is 12.1 Å². The first-order valence-electron chi connectivity index (χ1n) is 10.6. The molecule has 158 valence electrons. The van der Waals surface area contributed by atoms with Gasteiger partial charge in [0.25, 0.3) is 5.91 Å². The highest BCUT2D eigenvalue weighted by Gasteiger charge is 2.50. The van der Waals surface area contributed by atoms with Crippen molar-refractivity contribution in [3.05, 3.63) is 66.2 Å². The first-order chi connectivity index (χ1) is 14.6. The molecule has 6 heteroatoms. The van der Waals surface area contributed by atoms with E-state index in [4.69, 9.17) is 4.74 Å². The van der Waals surface area contributed by atoms with E-state index < -0.39 is 24.1 Å². The van der Waals surface area contributed by atoms with E-state index >= 15 is 0 Å². The molecule has 0 bridgehead atoms. The van der Waals surface area contributed by atoms with Crippen molar-refractivity contribution in [3.63, 3.8) is 0 Å². The summed E-state index contributed by atoms with van der Waals surface area (Å²) in [6.45, 7) is 2.36. The lowest BCUT2D eigenvalue weighted by Crippen LogP contribution is -2.38. The highest BCUT2D eigenvalue weighted by Crippen LogP contribution is 2.35. The molecule has 1 saturated heterocycles. The number of amides is 4. The molecule has 1 fully saturated rings. The van der Waals surface area contributed by atoms with Gasteiger partial charge in [0.15, 0.2) is 0 Å². The number of anilines is 1. The van der Waals surface area contributed by atoms with Gasteiger partial charge in [-0.1, -0.05) is 87.6 Å². The van der Waals surface area contributed by atoms with Gasteiger partial charge < -0.3 is 4.74 Å². The van der Waals surface area contributed by atoms with Gasteiger partial charge in [0, 0.05) is 5.69 Å². The summed E-state index contributed by atoms with van der Waals surface area (Å²) in [7, 11) is 0. The Hall–Kier alpha value is -3.15. The fraction of sp³-hybridized carbons (Fsp3) is 0.375. The van der Waals surface area contributed by atoms with Crippen LogP contribution in [0, 0.1) is 0 Å². The molecule has 0 aromatic heterocycles. The van der Waals surface area contributed by atoms with E-state index in [2.05, 4.69) is 6.92 Å². The van der Waals surface area contributed by atoms with Gasteiger partial charge in [-0.05, 0) is 24.1 Å². The van der Waals surface area contributed by atoms with Crippen molar-refractivity contribution in [1.29, 1.82) is 0 Å². The van der Waals surface area contributed by atoms with E-state index in [1.165, 1.54) is 24.2 Å². The van der Waals surface area contributed by atoms with Crippen LogP contribution in [0.1, 0.15) is 57.1 Å². The maximum atomic E-state index is 13.1. The minimum Gasteiger partial charge on any atom is -0.449 e. The maximum Gasteiger partial charge on any atom is 0.425 e. The molecule has 0 spiro atoms. The highest BCUT2D eigenvalue weighted by atomic mass is 16.6. The number of rotatable bonds is 9. The molecule has 0 saturated carbocycles. The predicted molar refractivity (Wildman–Crippen MR) is 115 cm³/mol. The van der Waals surface area contributed by atoms with Gasteiger partial charge in [-0.15, -0.1) is 0 Å². The summed E-state index contributed by atoms with van der Waals surface area (Å²) in [5.41, 5.74) is 1.20. The molecule has 30 heavy (non-hydrogen) atoms. The average molecular weight is 408 g/mol. The molecule has 0 radical (unpaired) electrons. The van der Waals surface area contributed by atoms with Gasteiger partial charge in [-0.3, -0.25) is 9.69 Å². The lowest BCUT2D eigenvalue weighted by atomic mass is 10.1. The van der Waals surface area contributed by atoms with Crippen LogP contribution < -0.4 is 4.90 Å². The summed E-state index contributed by atoms with van der Waals surface area (Å²) in [4.78, 5) is 40.8. The number of imide groups is 3. The molecule has 1 aliphatic heterocycles. The predicted octanol–water partition coefficient (Wildman–Crippen LogP) is 5.69. The highest BCUT2D eigenvalue weighted by molar-refractivity contribution is 6.22. The molecule has 3 rings (SSSR count). The van der Waals surface area contributed by atoms with E-state index in [0.717, 1.165) is 19.3 Å². The number of hydrogen-bond donors (Lipinski definition) is 0. The van der Waals surface area contributed by atoms with Crippen LogP contribution >= 0.6 is 0 Å². The first kappa shape index (κ1) is 21.6. The van der Waals surface area contributed by atoms with Crippen LogP contribution in [-0.4, -0.2) is 29.5 Å². The molecule has 0 N–H and O–H groups in total. The number of carbonyl (C=O) groups excluding carboxylic acids is 3. The summed E-state index contributed by atoms with van der Waals surface area (Å²) >= 11 is 0. The zero-order valence-electron chi connectivity index (χ0n) is 17.3. The van der Waals surface area contributed by atoms with Gasteiger partial charge in [0.1, 0.15) is 6.04 Å². The van der Waals surface area contributed by atoms with Crippen molar-refractivity contribution in [2.24, 2.45) is 0 Å². The second kappa shape index (κ2) is 10.6. The number of para-hydroxylation sites is 1. The number of carbonyl (C=O) groups is 3. The van der Waals surface area contributed by atoms with Crippen molar-refractivity contribution in [3.8, 4) is 0 Å². The number of hydrogen-bond acceptors (Lipinski definition) is 4. The summed E-state index contributed by atoms with van der Waals surface area (Å²) < 4.78 is 5.26. The number of urea groups is 1. The van der Waals surface area contributed by atoms with Crippen LogP contribution in [0.25, 0.3) is 0 Å². The average Bonchev–Trinajstić information content (AvgIpc) is 3.04. The number of ether oxygens (including phenoxy) is 1. The smallest absolute Gasteiger partial charge is 0.425 e. The number of nitrogens with zero attached hydrogens (tertiary/aromatic N) is 2. The van der Waals surface area contributed by atoms with E-state index in [0.29, 0.717) is 16.2 Å². The first-order valence-corrected chi connectivity index (χ1v) is 10.6. The summed E-state index contributed by atoms with van der Waals surface area (Å²) in [5, 5.41) is 0. The van der Waals surface area contributed by atoms with E-state index in [9.17, 15) is 14.4 Å². The molecule has 1 atom stereocenters. The van der Waals surface area contributed by atoms with E-state index in [1.807, 2.05) is 12.1 Å². The zero-order chi connectivity index (χ0) is 21.3. The van der Waals surface area contributed by atoms with Crippen molar-refractivity contribution in [2.45, 2.75) is 51.5 Å². The van der Waals surface area contributed by atoms with E-state index in [1.54, 1.807) is 48.5 Å². The van der Waals surface area contributed by atoms with Crippen molar-refractivity contribution in [2.75, 3.05) is 11.5 Å². The van der Waals surface area contributed by atoms with E-state index in [-0.39, 0.29) is 6.61 Å². The lowest BCUT2D eigenvalue weighted by molar-refractivity contribution is -0.126. The Morgan fingerprint density at radius 1 is 0.867 bits per heavy atom. The van der Waals surface area contributed by atoms with Crippen LogP contribution in [0.15, 0.2) is 60.7 Å². The SMILES string of the molecule is CCCCCCCCOC(=O)N1C(=O)C(c2ccccc2)N(c2ccccc2)C1=O. The molecule has 4 amide bonds. The minimum atomic E-state index is -0.905. The monoisotopic (exact) mass is 408 g/mol. The largest absolute Gasteiger partial charge is 0.449 e. The number of benzene rings is 2. The van der Waals surface area contributed by atoms with Crippen LogP contribution in [-0.2, 0) is 9.53 Å². The summed E-state index contributed by atoms with van der Waals surface area (Å²) in [6.07, 6.45) is 5.40. The molecule has 2 aromatic rings. The Labute approximate surface area is 177 Å². The standard InChI is InChI=1S/C24H28N2O4/c1-2-3-4-5-6-13-18-30-24(29)26-22(27)21(19-14-9-7-10-15-19)25(23(26)28)20-16-11-8-12-17-20/h7-12,14-17,21H,2-6,13,18H2,1H3. The minimum absolute atomic E-state index is 0.198. The third kappa shape index (κ3) is 4.87. The maximum absolute atomic E-state index is 13.1. The summed E-state index contributed by atoms with van der Waals surface area (Å²) in [6, 6.07) is 16.3. The van der Waals surface area contributed by atoms with Gasteiger partial charge in [-0.2, -0.15) is 4.90 Å². The van der Waals surface area contributed by atoms with Gasteiger partial charge in [-0.25, -0.2) is 9.59 Å². The van der Waals surface area contributed by atoms with Crippen molar-refractivity contribution in [1.82, 2.24) is 4.90 Å². The van der Waals surface area contributed by atoms with Crippen LogP contribution in [0.2, 0.25) is 0 Å². The Bertz CT molecular complexity index is 797. The van der Waals surface area contributed by atoms with Crippen molar-refractivity contribution >= 4 is 23.7 Å². The topological polar surface area (TPSA) is 66.9 Å². The molecule has 1 aliphatic rings. The molecule has 2 aromatic carbocycles. The Morgan fingerprint density at radius 3 is 2.13 bits per heavy atom. The van der Waals surface area contributed by atoms with Crippen LogP contribution in [0.4, 0.5) is 15.3 Å². The van der Waals surface area contributed by atoms with Crippen LogP contribution in [0.5, 0.6) is 0 Å². The second-order valence-electron chi connectivity index (χ2n) is 7.36. The fourth-order valence-electron chi connectivity index (χ4n) is 3.59. The molecule has 1 unspecified atom stereocenters. The van der Waals surface area contributed by atoms with Gasteiger partial charge in [0.05, 0.1) is 6.61 Å². The third-order valence-corrected chi connectivity index (χ3v) is 5.17. The van der Waals surface area contributed by atoms with Gasteiger partial charge in [0.2, 0.25) is 0 Å². The lowest BCUT2D eigenvalue weighted by Gasteiger charge is -2.21. The fourth-order valence-corrected chi connectivity index (χ4v) is 3.59. The Kier molecular flexibility index (Phi) is 7.60. The van der Waals surface area contributed by atoms with Crippen molar-refractivity contribution < 1.29 is 19.1 Å². The molecular formula is C24H28N2O4.